The third-order valence-electron chi connectivity index (χ3n) is 2.78. The van der Waals surface area contributed by atoms with E-state index in [4.69, 9.17) is 16.7 Å². The molecule has 0 radical (unpaired) electrons. The summed E-state index contributed by atoms with van der Waals surface area (Å²) in [7, 11) is -3.77. The number of carboxylic acid groups (broad SMARTS) is 1. The minimum absolute atomic E-state index is 0.0299. The molecule has 0 aliphatic rings. The van der Waals surface area contributed by atoms with Crippen molar-refractivity contribution in [3.05, 3.63) is 50.4 Å². The van der Waals surface area contributed by atoms with Gasteiger partial charge in [-0.15, -0.1) is 11.3 Å². The van der Waals surface area contributed by atoms with Gasteiger partial charge in [0, 0.05) is 4.88 Å². The van der Waals surface area contributed by atoms with E-state index in [1.165, 1.54) is 6.92 Å². The van der Waals surface area contributed by atoms with Crippen LogP contribution in [0.1, 0.15) is 20.8 Å². The zero-order valence-electron chi connectivity index (χ0n) is 10.8. The van der Waals surface area contributed by atoms with Crippen LogP contribution in [0, 0.1) is 12.7 Å². The lowest BCUT2D eigenvalue weighted by Crippen LogP contribution is -2.09. The fraction of sp³-hybridized carbons (Fsp3) is 0.154. The van der Waals surface area contributed by atoms with Gasteiger partial charge in [-0.2, -0.15) is 0 Å². The lowest BCUT2D eigenvalue weighted by atomic mass is 10.1. The van der Waals surface area contributed by atoms with Crippen LogP contribution >= 0.6 is 22.9 Å². The standard InChI is InChI=1S/C13H10ClFO4S2/c1-7-4-9(5-10(12(7)15)13(16)17)21(18,19)6-8-2-3-11(14)20-8/h2-5H,6H2,1H3,(H,16,17). The van der Waals surface area contributed by atoms with Crippen molar-refractivity contribution in [1.82, 2.24) is 0 Å². The fourth-order valence-corrected chi connectivity index (χ4v) is 4.65. The summed E-state index contributed by atoms with van der Waals surface area (Å²) in [6, 6.07) is 5.14. The molecular weight excluding hydrogens is 339 g/mol. The maximum atomic E-state index is 13.7. The Balaban J connectivity index is 2.47. The topological polar surface area (TPSA) is 71.4 Å². The summed E-state index contributed by atoms with van der Waals surface area (Å²) in [5.74, 6) is -2.75. The Morgan fingerprint density at radius 3 is 2.57 bits per heavy atom. The van der Waals surface area contributed by atoms with Crippen molar-refractivity contribution in [3.63, 3.8) is 0 Å². The van der Waals surface area contributed by atoms with Gasteiger partial charge >= 0.3 is 5.97 Å². The van der Waals surface area contributed by atoms with E-state index < -0.39 is 27.2 Å². The van der Waals surface area contributed by atoms with Crippen LogP contribution in [-0.4, -0.2) is 19.5 Å². The largest absolute Gasteiger partial charge is 0.478 e. The van der Waals surface area contributed by atoms with Gasteiger partial charge in [0.1, 0.15) is 5.82 Å². The molecule has 0 saturated heterocycles. The van der Waals surface area contributed by atoms with Crippen molar-refractivity contribution < 1.29 is 22.7 Å². The molecule has 0 atom stereocenters. The van der Waals surface area contributed by atoms with Crippen LogP contribution in [0.2, 0.25) is 4.34 Å². The van der Waals surface area contributed by atoms with Gasteiger partial charge in [0.05, 0.1) is 20.5 Å². The van der Waals surface area contributed by atoms with Crippen molar-refractivity contribution in [2.45, 2.75) is 17.6 Å². The molecule has 2 aromatic rings. The number of carboxylic acids is 1. The summed E-state index contributed by atoms with van der Waals surface area (Å²) < 4.78 is 38.7. The Hall–Kier alpha value is -1.44. The molecule has 0 aliphatic carbocycles. The van der Waals surface area contributed by atoms with Gasteiger partial charge in [-0.05, 0) is 36.8 Å². The zero-order chi connectivity index (χ0) is 15.8. The highest BCUT2D eigenvalue weighted by Gasteiger charge is 2.22. The maximum absolute atomic E-state index is 13.7. The molecular formula is C13H10ClFO4S2. The van der Waals surface area contributed by atoms with Gasteiger partial charge in [-0.3, -0.25) is 0 Å². The first-order valence-corrected chi connectivity index (χ1v) is 8.56. The maximum Gasteiger partial charge on any atom is 0.338 e. The molecule has 1 heterocycles. The number of benzene rings is 1. The van der Waals surface area contributed by atoms with Crippen LogP contribution in [0.4, 0.5) is 4.39 Å². The number of hydrogen-bond donors (Lipinski definition) is 1. The molecule has 1 aromatic carbocycles. The average molecular weight is 349 g/mol. The summed E-state index contributed by atoms with van der Waals surface area (Å²) in [5.41, 5.74) is -0.685. The minimum atomic E-state index is -3.77. The van der Waals surface area contributed by atoms with Crippen LogP contribution in [0.3, 0.4) is 0 Å². The molecule has 2 rings (SSSR count). The lowest BCUT2D eigenvalue weighted by Gasteiger charge is -2.07. The number of rotatable bonds is 4. The van der Waals surface area contributed by atoms with Gasteiger partial charge in [0.15, 0.2) is 9.84 Å². The second kappa shape index (κ2) is 5.75. The number of sulfone groups is 1. The molecule has 21 heavy (non-hydrogen) atoms. The van der Waals surface area contributed by atoms with Crippen LogP contribution in [0.15, 0.2) is 29.2 Å². The van der Waals surface area contributed by atoms with Gasteiger partial charge in [-0.1, -0.05) is 11.6 Å². The zero-order valence-corrected chi connectivity index (χ0v) is 13.1. The van der Waals surface area contributed by atoms with Gasteiger partial charge in [0.2, 0.25) is 0 Å². The lowest BCUT2D eigenvalue weighted by molar-refractivity contribution is 0.0691. The Bertz CT molecular complexity index is 812. The molecule has 0 saturated carbocycles. The molecule has 0 unspecified atom stereocenters. The Morgan fingerprint density at radius 2 is 2.05 bits per heavy atom. The van der Waals surface area contributed by atoms with Crippen molar-refractivity contribution in [2.24, 2.45) is 0 Å². The van der Waals surface area contributed by atoms with Gasteiger partial charge in [-0.25, -0.2) is 17.6 Å². The highest BCUT2D eigenvalue weighted by atomic mass is 35.5. The molecule has 8 heteroatoms. The predicted octanol–water partition coefficient (Wildman–Crippen LogP) is 3.52. The number of aryl methyl sites for hydroxylation is 1. The Labute approximate surface area is 129 Å². The highest BCUT2D eigenvalue weighted by molar-refractivity contribution is 7.90. The number of carbonyl (C=O) groups is 1. The summed E-state index contributed by atoms with van der Waals surface area (Å²) in [4.78, 5) is 11.3. The molecule has 0 bridgehead atoms. The monoisotopic (exact) mass is 348 g/mol. The van der Waals surface area contributed by atoms with Crippen molar-refractivity contribution >= 4 is 38.7 Å². The van der Waals surface area contributed by atoms with Crippen LogP contribution in [-0.2, 0) is 15.6 Å². The quantitative estimate of drug-likeness (QED) is 0.858. The summed E-state index contributed by atoms with van der Waals surface area (Å²) in [5, 5.41) is 8.92. The van der Waals surface area contributed by atoms with Crippen LogP contribution in [0.25, 0.3) is 0 Å². The third kappa shape index (κ3) is 3.42. The Kier molecular flexibility index (Phi) is 4.36. The summed E-state index contributed by atoms with van der Waals surface area (Å²) in [6.45, 7) is 1.32. The number of thiophene rings is 1. The molecule has 1 aromatic heterocycles. The van der Waals surface area contributed by atoms with Gasteiger partial charge in [0.25, 0.3) is 0 Å². The first-order chi connectivity index (χ1) is 9.70. The molecule has 0 spiro atoms. The molecule has 0 amide bonds. The fourth-order valence-electron chi connectivity index (χ4n) is 1.77. The molecule has 0 aliphatic heterocycles. The van der Waals surface area contributed by atoms with E-state index in [2.05, 4.69) is 0 Å². The summed E-state index contributed by atoms with van der Waals surface area (Å²) in [6.07, 6.45) is 0. The number of halogens is 2. The highest BCUT2D eigenvalue weighted by Crippen LogP contribution is 2.27. The van der Waals surface area contributed by atoms with Gasteiger partial charge < -0.3 is 5.11 Å². The average Bonchev–Trinajstić information content (AvgIpc) is 2.76. The van der Waals surface area contributed by atoms with Crippen molar-refractivity contribution in [1.29, 1.82) is 0 Å². The molecule has 4 nitrogen and oxygen atoms in total. The first kappa shape index (κ1) is 15.9. The van der Waals surface area contributed by atoms with E-state index in [-0.39, 0.29) is 16.2 Å². The van der Waals surface area contributed by atoms with Crippen molar-refractivity contribution in [3.8, 4) is 0 Å². The Morgan fingerprint density at radius 1 is 1.38 bits per heavy atom. The molecule has 0 fully saturated rings. The molecule has 1 N–H and O–H groups in total. The normalized spacial score (nSPS) is 11.6. The van der Waals surface area contributed by atoms with E-state index in [1.54, 1.807) is 12.1 Å². The van der Waals surface area contributed by atoms with E-state index in [0.29, 0.717) is 9.21 Å². The van der Waals surface area contributed by atoms with E-state index >= 15 is 0 Å². The second-order valence-electron chi connectivity index (χ2n) is 4.37. The smallest absolute Gasteiger partial charge is 0.338 e. The van der Waals surface area contributed by atoms with E-state index in [0.717, 1.165) is 23.5 Å². The summed E-state index contributed by atoms with van der Waals surface area (Å²) >= 11 is 6.87. The predicted molar refractivity (Wildman–Crippen MR) is 78.3 cm³/mol. The van der Waals surface area contributed by atoms with Crippen molar-refractivity contribution in [2.75, 3.05) is 0 Å². The third-order valence-corrected chi connectivity index (χ3v) is 5.84. The van der Waals surface area contributed by atoms with E-state index in [1.807, 2.05) is 0 Å². The number of hydrogen-bond acceptors (Lipinski definition) is 4. The SMILES string of the molecule is Cc1cc(S(=O)(=O)Cc2ccc(Cl)s2)cc(C(=O)O)c1F. The van der Waals surface area contributed by atoms with Crippen LogP contribution < -0.4 is 0 Å². The molecule has 112 valence electrons. The van der Waals surface area contributed by atoms with E-state index in [9.17, 15) is 17.6 Å². The number of aromatic carboxylic acids is 1. The second-order valence-corrected chi connectivity index (χ2v) is 8.16. The minimum Gasteiger partial charge on any atom is -0.478 e. The van der Waals surface area contributed by atoms with Crippen LogP contribution in [0.5, 0.6) is 0 Å². The first-order valence-electron chi connectivity index (χ1n) is 5.71.